The minimum absolute atomic E-state index is 0.261. The van der Waals surface area contributed by atoms with Crippen molar-refractivity contribution < 1.29 is 0 Å². The number of halogens is 2. The Bertz CT molecular complexity index is 283. The lowest BCUT2D eigenvalue weighted by Crippen LogP contribution is -2.15. The molecule has 14 heavy (non-hydrogen) atoms. The van der Waals surface area contributed by atoms with Crippen molar-refractivity contribution in [3.05, 3.63) is 34.9 Å². The summed E-state index contributed by atoms with van der Waals surface area (Å²) in [5.74, 6) is 1.03. The highest BCUT2D eigenvalue weighted by atomic mass is 79.9. The quantitative estimate of drug-likeness (QED) is 0.527. The lowest BCUT2D eigenvalue weighted by Gasteiger charge is -2.24. The third-order valence-corrected chi connectivity index (χ3v) is 4.15. The van der Waals surface area contributed by atoms with Crippen LogP contribution in [0, 0.1) is 0 Å². The van der Waals surface area contributed by atoms with E-state index >= 15 is 0 Å². The van der Waals surface area contributed by atoms with E-state index < -0.39 is 0 Å². The second kappa shape index (κ2) is 5.43. The lowest BCUT2D eigenvalue weighted by molar-refractivity contribution is 0.965. The molecule has 0 aromatic carbocycles. The molecule has 0 fully saturated rings. The zero-order valence-corrected chi connectivity index (χ0v) is 11.4. The Balaban J connectivity index is 2.43. The Hall–Kier alpha value is 0.340. The Morgan fingerprint density at radius 3 is 3.07 bits per heavy atom. The fraction of sp³-hybridized carbons (Fsp3) is 0.455. The van der Waals surface area contributed by atoms with Crippen LogP contribution in [-0.4, -0.2) is 9.96 Å². The summed E-state index contributed by atoms with van der Waals surface area (Å²) in [6, 6.07) is 0. The van der Waals surface area contributed by atoms with Crippen molar-refractivity contribution in [2.75, 3.05) is 5.75 Å². The van der Waals surface area contributed by atoms with Gasteiger partial charge in [-0.15, -0.1) is 29.9 Å². The third kappa shape index (κ3) is 4.24. The van der Waals surface area contributed by atoms with Crippen molar-refractivity contribution >= 4 is 39.3 Å². The molecule has 0 aromatic rings. The van der Waals surface area contributed by atoms with Gasteiger partial charge in [-0.25, -0.2) is 0 Å². The van der Waals surface area contributed by atoms with Gasteiger partial charge in [0, 0.05) is 4.48 Å². The molecule has 0 radical (unpaired) electrons. The van der Waals surface area contributed by atoms with E-state index in [-0.39, 0.29) is 4.21 Å². The summed E-state index contributed by atoms with van der Waals surface area (Å²) in [5.41, 5.74) is 1.21. The zero-order chi connectivity index (χ0) is 10.6. The molecule has 0 bridgehead atoms. The summed E-state index contributed by atoms with van der Waals surface area (Å²) >= 11 is 11.7. The van der Waals surface area contributed by atoms with Crippen molar-refractivity contribution in [3.63, 3.8) is 0 Å². The van der Waals surface area contributed by atoms with E-state index in [1.165, 1.54) is 5.57 Å². The van der Waals surface area contributed by atoms with Gasteiger partial charge in [0.2, 0.25) is 0 Å². The summed E-state index contributed by atoms with van der Waals surface area (Å²) in [7, 11) is 0. The molecule has 0 aliphatic heterocycles. The van der Waals surface area contributed by atoms with Crippen LogP contribution >= 0.6 is 39.3 Å². The Labute approximate surface area is 104 Å². The fourth-order valence-electron chi connectivity index (χ4n) is 1.14. The van der Waals surface area contributed by atoms with Crippen LogP contribution in [0.1, 0.15) is 19.8 Å². The minimum atomic E-state index is -0.261. The molecule has 1 unspecified atom stereocenters. The first-order valence-corrected chi connectivity index (χ1v) is 6.70. The highest BCUT2D eigenvalue weighted by Gasteiger charge is 2.25. The normalized spacial score (nSPS) is 26.1. The number of hydrogen-bond acceptors (Lipinski definition) is 1. The summed E-state index contributed by atoms with van der Waals surface area (Å²) in [6.45, 7) is 5.93. The van der Waals surface area contributed by atoms with E-state index in [1.807, 2.05) is 13.0 Å². The van der Waals surface area contributed by atoms with Gasteiger partial charge in [-0.3, -0.25) is 0 Å². The highest BCUT2D eigenvalue weighted by Crippen LogP contribution is 2.40. The maximum Gasteiger partial charge on any atom is 0.113 e. The molecule has 78 valence electrons. The number of alkyl halides is 1. The van der Waals surface area contributed by atoms with Crippen LogP contribution in [0.5, 0.6) is 0 Å². The predicted octanol–water partition coefficient (Wildman–Crippen LogP) is 4.86. The van der Waals surface area contributed by atoms with Crippen molar-refractivity contribution in [3.8, 4) is 0 Å². The molecule has 0 nitrogen and oxygen atoms in total. The van der Waals surface area contributed by atoms with Crippen LogP contribution in [0.4, 0.5) is 0 Å². The van der Waals surface area contributed by atoms with Crippen molar-refractivity contribution in [1.82, 2.24) is 0 Å². The molecule has 0 heterocycles. The van der Waals surface area contributed by atoms with Gasteiger partial charge in [0.05, 0.1) is 0 Å². The predicted molar refractivity (Wildman–Crippen MR) is 71.2 cm³/mol. The van der Waals surface area contributed by atoms with E-state index in [0.29, 0.717) is 0 Å². The van der Waals surface area contributed by atoms with Crippen LogP contribution in [-0.2, 0) is 0 Å². The largest absolute Gasteiger partial charge is 0.134 e. The van der Waals surface area contributed by atoms with Gasteiger partial charge in [0.25, 0.3) is 0 Å². The maximum absolute atomic E-state index is 6.43. The third-order valence-electron chi connectivity index (χ3n) is 1.90. The summed E-state index contributed by atoms with van der Waals surface area (Å²) in [4.78, 5) is 0. The van der Waals surface area contributed by atoms with Gasteiger partial charge >= 0.3 is 0 Å². The fourth-order valence-corrected chi connectivity index (χ4v) is 3.65. The van der Waals surface area contributed by atoms with Crippen LogP contribution < -0.4 is 0 Å². The highest BCUT2D eigenvalue weighted by molar-refractivity contribution is 9.11. The van der Waals surface area contributed by atoms with Crippen LogP contribution in [0.3, 0.4) is 0 Å². The molecule has 1 aliphatic rings. The van der Waals surface area contributed by atoms with Crippen LogP contribution in [0.2, 0.25) is 0 Å². The molecule has 0 saturated heterocycles. The second-order valence-corrected chi connectivity index (χ2v) is 6.72. The lowest BCUT2D eigenvalue weighted by atomic mass is 10.2. The van der Waals surface area contributed by atoms with Gasteiger partial charge in [-0.1, -0.05) is 33.7 Å². The average Bonchev–Trinajstić information content (AvgIpc) is 2.01. The van der Waals surface area contributed by atoms with E-state index in [9.17, 15) is 0 Å². The maximum atomic E-state index is 6.43. The van der Waals surface area contributed by atoms with E-state index in [1.54, 1.807) is 11.8 Å². The summed E-state index contributed by atoms with van der Waals surface area (Å²) in [6.07, 6.45) is 8.14. The van der Waals surface area contributed by atoms with Gasteiger partial charge < -0.3 is 0 Å². The smallest absolute Gasteiger partial charge is 0.113 e. The van der Waals surface area contributed by atoms with Crippen molar-refractivity contribution in [1.29, 1.82) is 0 Å². The number of rotatable bonds is 4. The summed E-state index contributed by atoms with van der Waals surface area (Å²) < 4.78 is 0.810. The van der Waals surface area contributed by atoms with Gasteiger partial charge in [0.15, 0.2) is 0 Å². The average molecular weight is 294 g/mol. The molecule has 0 spiro atoms. The minimum Gasteiger partial charge on any atom is -0.134 e. The number of hydrogen-bond donors (Lipinski definition) is 0. The second-order valence-electron chi connectivity index (χ2n) is 3.48. The summed E-state index contributed by atoms with van der Waals surface area (Å²) in [5, 5.41) is 0. The Kier molecular flexibility index (Phi) is 4.81. The first kappa shape index (κ1) is 12.4. The zero-order valence-electron chi connectivity index (χ0n) is 8.22. The molecule has 1 rings (SSSR count). The standard InChI is InChI=1S/C11H14BrClS/c1-9(2)5-7-14-11(13)6-3-4-10(12)8-11/h3-4,8H,1,5-7H2,2H3. The molecular formula is C11H14BrClS. The van der Waals surface area contributed by atoms with Gasteiger partial charge in [-0.05, 0) is 31.6 Å². The molecule has 1 atom stereocenters. The molecule has 0 amide bonds. The topological polar surface area (TPSA) is 0 Å². The van der Waals surface area contributed by atoms with Gasteiger partial charge in [0.1, 0.15) is 4.21 Å². The van der Waals surface area contributed by atoms with E-state index in [2.05, 4.69) is 34.7 Å². The number of thioether (sulfide) groups is 1. The first-order valence-electron chi connectivity index (χ1n) is 4.54. The molecule has 0 N–H and O–H groups in total. The van der Waals surface area contributed by atoms with E-state index in [0.717, 1.165) is 23.1 Å². The monoisotopic (exact) mass is 292 g/mol. The molecule has 0 aromatic heterocycles. The van der Waals surface area contributed by atoms with Crippen molar-refractivity contribution in [2.45, 2.75) is 24.0 Å². The first-order chi connectivity index (χ1) is 6.52. The SMILES string of the molecule is C=C(C)CCSC1(Cl)C=C(Br)C=CC1. The Morgan fingerprint density at radius 1 is 1.79 bits per heavy atom. The molecule has 3 heteroatoms. The Morgan fingerprint density at radius 2 is 2.50 bits per heavy atom. The molecule has 0 saturated carbocycles. The number of allylic oxidation sites excluding steroid dienone is 4. The van der Waals surface area contributed by atoms with Crippen molar-refractivity contribution in [2.24, 2.45) is 0 Å². The van der Waals surface area contributed by atoms with Crippen LogP contribution in [0.15, 0.2) is 34.9 Å². The molecule has 1 aliphatic carbocycles. The molecular weight excluding hydrogens is 280 g/mol. The van der Waals surface area contributed by atoms with Crippen LogP contribution in [0.25, 0.3) is 0 Å². The van der Waals surface area contributed by atoms with E-state index in [4.69, 9.17) is 11.6 Å². The van der Waals surface area contributed by atoms with Gasteiger partial charge in [-0.2, -0.15) is 0 Å².